The van der Waals surface area contributed by atoms with Gasteiger partial charge in [0.1, 0.15) is 17.9 Å². The Hall–Kier alpha value is -2.12. The van der Waals surface area contributed by atoms with Crippen LogP contribution in [-0.4, -0.2) is 48.2 Å². The van der Waals surface area contributed by atoms with Gasteiger partial charge in [-0.3, -0.25) is 14.4 Å². The molecule has 0 aromatic heterocycles. The number of ketones is 1. The predicted octanol–water partition coefficient (Wildman–Crippen LogP) is 5.00. The Bertz CT molecular complexity index is 996. The number of carbonyl (C=O) groups is 3. The Morgan fingerprint density at radius 2 is 1.89 bits per heavy atom. The zero-order chi connectivity index (χ0) is 27.3. The highest BCUT2D eigenvalue weighted by Crippen LogP contribution is 2.73. The van der Waals surface area contributed by atoms with E-state index < -0.39 is 29.1 Å². The molecule has 0 aromatic carbocycles. The Morgan fingerprint density at radius 3 is 2.51 bits per heavy atom. The fourth-order valence-corrected chi connectivity index (χ4v) is 9.52. The summed E-state index contributed by atoms with van der Waals surface area (Å²) >= 11 is 0. The number of hydrogen-bond acceptors (Lipinski definition) is 7. The van der Waals surface area contributed by atoms with E-state index in [2.05, 4.69) is 30.8 Å². The van der Waals surface area contributed by atoms with Crippen LogP contribution in [0.2, 0.25) is 0 Å². The predicted molar refractivity (Wildman–Crippen MR) is 136 cm³/mol. The molecule has 0 saturated heterocycles. The van der Waals surface area contributed by atoms with Gasteiger partial charge in [-0.25, -0.2) is 0 Å². The zero-order valence-electron chi connectivity index (χ0n) is 23.1. The largest absolute Gasteiger partial charge is 0.469 e. The van der Waals surface area contributed by atoms with Crippen molar-refractivity contribution in [2.75, 3.05) is 7.11 Å². The number of ether oxygens (including phenoxy) is 2. The lowest BCUT2D eigenvalue weighted by Crippen LogP contribution is -2.70. The van der Waals surface area contributed by atoms with Crippen molar-refractivity contribution in [1.29, 1.82) is 0 Å². The van der Waals surface area contributed by atoms with Gasteiger partial charge in [0, 0.05) is 29.6 Å². The molecule has 4 fully saturated rings. The third-order valence-electron chi connectivity index (χ3n) is 11.5. The van der Waals surface area contributed by atoms with Crippen molar-refractivity contribution in [2.24, 2.45) is 50.9 Å². The summed E-state index contributed by atoms with van der Waals surface area (Å²) in [6.07, 6.45) is 4.31. The van der Waals surface area contributed by atoms with E-state index in [0.29, 0.717) is 32.1 Å². The molecule has 0 aromatic rings. The summed E-state index contributed by atoms with van der Waals surface area (Å²) < 4.78 is 10.9. The van der Waals surface area contributed by atoms with Gasteiger partial charge in [-0.1, -0.05) is 32.8 Å². The van der Waals surface area contributed by atoms with Crippen molar-refractivity contribution in [3.05, 3.63) is 10.4 Å². The molecule has 0 aliphatic heterocycles. The molecule has 0 heterocycles. The lowest BCUT2D eigenvalue weighted by atomic mass is 9.38. The van der Waals surface area contributed by atoms with Crippen LogP contribution in [0.3, 0.4) is 0 Å². The maximum Gasteiger partial charge on any atom is 0.305 e. The monoisotopic (exact) mass is 517 g/mol. The maximum atomic E-state index is 14.6. The van der Waals surface area contributed by atoms with Crippen LogP contribution in [0.25, 0.3) is 10.4 Å². The van der Waals surface area contributed by atoms with Crippen molar-refractivity contribution in [3.63, 3.8) is 0 Å². The summed E-state index contributed by atoms with van der Waals surface area (Å²) in [5.41, 5.74) is 8.05. The first-order chi connectivity index (χ1) is 17.3. The second kappa shape index (κ2) is 9.88. The van der Waals surface area contributed by atoms with Crippen LogP contribution in [0.4, 0.5) is 0 Å². The quantitative estimate of drug-likeness (QED) is 0.228. The molecule has 9 nitrogen and oxygen atoms in total. The highest BCUT2D eigenvalue weighted by atomic mass is 16.5. The first kappa shape index (κ1) is 27.9. The highest BCUT2D eigenvalue weighted by molar-refractivity contribution is 5.93. The maximum absolute atomic E-state index is 14.6. The molecule has 4 aliphatic carbocycles. The van der Waals surface area contributed by atoms with Gasteiger partial charge in [-0.2, -0.15) is 0 Å². The van der Waals surface area contributed by atoms with Gasteiger partial charge >= 0.3 is 11.9 Å². The number of fused-ring (bicyclic) bond motifs is 5. The number of rotatable bonds is 6. The number of esters is 2. The van der Waals surface area contributed by atoms with Gasteiger partial charge < -0.3 is 14.6 Å². The van der Waals surface area contributed by atoms with E-state index in [1.165, 1.54) is 14.0 Å². The average molecular weight is 518 g/mol. The van der Waals surface area contributed by atoms with E-state index in [1.807, 2.05) is 6.92 Å². The minimum absolute atomic E-state index is 0.00341. The van der Waals surface area contributed by atoms with Gasteiger partial charge in [0.2, 0.25) is 0 Å². The number of carbonyl (C=O) groups excluding carboxylic acids is 3. The summed E-state index contributed by atoms with van der Waals surface area (Å²) in [5.74, 6) is -0.901. The minimum Gasteiger partial charge on any atom is -0.469 e. The number of methoxy groups -OCH3 is 1. The van der Waals surface area contributed by atoms with Crippen LogP contribution in [0.15, 0.2) is 5.11 Å². The van der Waals surface area contributed by atoms with Gasteiger partial charge in [0.05, 0.1) is 13.2 Å². The van der Waals surface area contributed by atoms with E-state index in [9.17, 15) is 25.0 Å². The molecular formula is C28H43N3O6. The number of Topliss-reactive ketones (excluding diaryl/α,β-unsaturated/α-hetero) is 1. The first-order valence-corrected chi connectivity index (χ1v) is 13.9. The van der Waals surface area contributed by atoms with E-state index in [-0.39, 0.29) is 52.7 Å². The Balaban J connectivity index is 1.83. The smallest absolute Gasteiger partial charge is 0.305 e. The summed E-state index contributed by atoms with van der Waals surface area (Å²) in [4.78, 5) is 41.9. The fraction of sp³-hybridized carbons (Fsp3) is 0.893. The molecule has 0 spiro atoms. The molecule has 0 amide bonds. The van der Waals surface area contributed by atoms with Crippen LogP contribution >= 0.6 is 0 Å². The van der Waals surface area contributed by atoms with Gasteiger partial charge in [0.15, 0.2) is 0 Å². The van der Waals surface area contributed by atoms with Crippen LogP contribution in [0, 0.1) is 45.8 Å². The van der Waals surface area contributed by atoms with Crippen molar-refractivity contribution in [3.8, 4) is 0 Å². The number of azide groups is 1. The molecular weight excluding hydrogens is 474 g/mol. The second-order valence-electron chi connectivity index (χ2n) is 12.9. The molecule has 0 unspecified atom stereocenters. The van der Waals surface area contributed by atoms with Crippen LogP contribution in [0.5, 0.6) is 0 Å². The summed E-state index contributed by atoms with van der Waals surface area (Å²) in [6, 6.07) is -0.859. The van der Waals surface area contributed by atoms with Crippen molar-refractivity contribution in [2.45, 2.75) is 104 Å². The number of aliphatic hydroxyl groups is 1. The molecule has 0 radical (unpaired) electrons. The van der Waals surface area contributed by atoms with E-state index in [0.717, 1.165) is 19.3 Å². The fourth-order valence-electron chi connectivity index (χ4n) is 9.52. The van der Waals surface area contributed by atoms with Crippen molar-refractivity contribution < 1.29 is 29.0 Å². The first-order valence-electron chi connectivity index (χ1n) is 13.9. The standard InChI is InChI=1S/C28H43N3O6/c1-15(7-8-21(34)36-6)19-10-12-27(4)22-20(37-16(2)32)14-17-13-18(33)9-11-26(17,3)23(22)24(30-31-29)25(35)28(19,27)5/h15,17-20,22-24,33H,7-14H2,1-6H3/t15-,17+,18-,19-,20-,22-,23-,24+,26+,27+,28+/m1/s1. The van der Waals surface area contributed by atoms with Crippen LogP contribution in [-0.2, 0) is 23.9 Å². The minimum atomic E-state index is -0.859. The SMILES string of the molecule is COC(=O)CC[C@@H](C)[C@H]1CC[C@@]2(C)[C@H]3[C@H]([C@H](N=[N+]=[N-])C(=O)[C@]12C)[C@@]1(C)CC[C@@H](O)C[C@H]1C[C@H]3OC(C)=O. The molecule has 4 aliphatic rings. The molecule has 9 heteroatoms. The Morgan fingerprint density at radius 1 is 1.19 bits per heavy atom. The van der Waals surface area contributed by atoms with Gasteiger partial charge in [-0.05, 0) is 85.0 Å². The zero-order valence-corrected chi connectivity index (χ0v) is 23.1. The molecule has 11 atom stereocenters. The number of aliphatic hydroxyl groups excluding tert-OH is 1. The molecule has 1 N–H and O–H groups in total. The van der Waals surface area contributed by atoms with E-state index >= 15 is 0 Å². The molecule has 37 heavy (non-hydrogen) atoms. The number of nitrogens with zero attached hydrogens (tertiary/aromatic N) is 3. The lowest BCUT2D eigenvalue weighted by Gasteiger charge is -2.66. The third kappa shape index (κ3) is 4.17. The van der Waals surface area contributed by atoms with E-state index in [4.69, 9.17) is 9.47 Å². The molecule has 4 rings (SSSR count). The summed E-state index contributed by atoms with van der Waals surface area (Å²) in [7, 11) is 1.38. The molecule has 0 bridgehead atoms. The van der Waals surface area contributed by atoms with Crippen molar-refractivity contribution >= 4 is 17.7 Å². The van der Waals surface area contributed by atoms with E-state index in [1.54, 1.807) is 0 Å². The average Bonchev–Trinajstić information content (AvgIpc) is 3.12. The topological polar surface area (TPSA) is 139 Å². The van der Waals surface area contributed by atoms with Crippen LogP contribution < -0.4 is 0 Å². The van der Waals surface area contributed by atoms with Gasteiger partial charge in [-0.15, -0.1) is 0 Å². The summed E-state index contributed by atoms with van der Waals surface area (Å²) in [6.45, 7) is 9.92. The second-order valence-corrected chi connectivity index (χ2v) is 12.9. The third-order valence-corrected chi connectivity index (χ3v) is 11.5. The Kier molecular flexibility index (Phi) is 7.45. The molecule has 4 saturated carbocycles. The van der Waals surface area contributed by atoms with Gasteiger partial charge in [0.25, 0.3) is 0 Å². The number of hydrogen-bond donors (Lipinski definition) is 1. The Labute approximate surface area is 219 Å². The summed E-state index contributed by atoms with van der Waals surface area (Å²) in [5, 5.41) is 14.7. The van der Waals surface area contributed by atoms with Crippen molar-refractivity contribution in [1.82, 2.24) is 0 Å². The lowest BCUT2D eigenvalue weighted by molar-refractivity contribution is -0.217. The highest BCUT2D eigenvalue weighted by Gasteiger charge is 2.74. The normalized spacial score (nSPS) is 45.5. The molecule has 206 valence electrons. The van der Waals surface area contributed by atoms with Crippen LogP contribution in [0.1, 0.15) is 86.0 Å².